The summed E-state index contributed by atoms with van der Waals surface area (Å²) in [7, 11) is 0. The number of rotatable bonds is 4. The molecular formula is C20H22FN5O. The number of hydrogen-bond donors (Lipinski definition) is 1. The largest absolute Gasteiger partial charge is 0.388 e. The fraction of sp³-hybridized carbons (Fsp3) is 0.450. The summed E-state index contributed by atoms with van der Waals surface area (Å²) in [6.07, 6.45) is 3.52. The zero-order valence-electron chi connectivity index (χ0n) is 15.0. The summed E-state index contributed by atoms with van der Waals surface area (Å²) >= 11 is 0. The maximum atomic E-state index is 13.1. The summed E-state index contributed by atoms with van der Waals surface area (Å²) in [5.74, 6) is 2.29. The van der Waals surface area contributed by atoms with Crippen LogP contribution in [0, 0.1) is 11.7 Å². The number of fused-ring (bicyclic) bond motifs is 1. The predicted octanol–water partition coefficient (Wildman–Crippen LogP) is 3.09. The highest BCUT2D eigenvalue weighted by Crippen LogP contribution is 2.39. The van der Waals surface area contributed by atoms with Crippen LogP contribution in [0.1, 0.15) is 49.1 Å². The predicted molar refractivity (Wildman–Crippen MR) is 99.1 cm³/mol. The van der Waals surface area contributed by atoms with Gasteiger partial charge in [-0.2, -0.15) is 4.52 Å². The van der Waals surface area contributed by atoms with Crippen LogP contribution in [0.2, 0.25) is 0 Å². The van der Waals surface area contributed by atoms with Gasteiger partial charge in [0.1, 0.15) is 11.6 Å². The van der Waals surface area contributed by atoms with E-state index in [1.54, 1.807) is 12.1 Å². The van der Waals surface area contributed by atoms with E-state index >= 15 is 0 Å². The van der Waals surface area contributed by atoms with Gasteiger partial charge in [-0.15, -0.1) is 15.3 Å². The Bertz CT molecular complexity index is 945. The second-order valence-electron chi connectivity index (χ2n) is 7.61. The molecular weight excluding hydrogens is 345 g/mol. The molecule has 5 rings (SSSR count). The third-order valence-corrected chi connectivity index (χ3v) is 5.74. The van der Waals surface area contributed by atoms with Crippen LogP contribution >= 0.6 is 0 Å². The van der Waals surface area contributed by atoms with Gasteiger partial charge in [0.15, 0.2) is 11.5 Å². The van der Waals surface area contributed by atoms with Crippen LogP contribution < -0.4 is 4.90 Å². The van der Waals surface area contributed by atoms with Gasteiger partial charge in [0.25, 0.3) is 0 Å². The Morgan fingerprint density at radius 2 is 1.70 bits per heavy atom. The molecule has 0 radical (unpaired) electrons. The molecule has 1 N–H and O–H groups in total. The first-order valence-corrected chi connectivity index (χ1v) is 9.60. The number of anilines is 1. The first-order chi connectivity index (χ1) is 13.2. The Morgan fingerprint density at radius 3 is 2.41 bits per heavy atom. The maximum absolute atomic E-state index is 13.1. The summed E-state index contributed by atoms with van der Waals surface area (Å²) in [5.41, 5.74) is 1.58. The van der Waals surface area contributed by atoms with E-state index in [1.807, 2.05) is 16.6 Å². The van der Waals surface area contributed by atoms with Crippen LogP contribution in [-0.2, 0) is 0 Å². The Labute approximate surface area is 156 Å². The minimum atomic E-state index is -0.553. The van der Waals surface area contributed by atoms with E-state index in [9.17, 15) is 9.50 Å². The van der Waals surface area contributed by atoms with Crippen LogP contribution in [0.15, 0.2) is 36.4 Å². The van der Waals surface area contributed by atoms with Crippen molar-refractivity contribution in [3.8, 4) is 0 Å². The van der Waals surface area contributed by atoms with E-state index < -0.39 is 6.10 Å². The summed E-state index contributed by atoms with van der Waals surface area (Å²) in [6, 6.07) is 10.1. The van der Waals surface area contributed by atoms with Gasteiger partial charge in [-0.25, -0.2) is 4.39 Å². The monoisotopic (exact) mass is 367 g/mol. The maximum Gasteiger partial charge on any atom is 0.178 e. The van der Waals surface area contributed by atoms with Gasteiger partial charge in [-0.3, -0.25) is 0 Å². The van der Waals surface area contributed by atoms with Gasteiger partial charge in [-0.1, -0.05) is 12.1 Å². The van der Waals surface area contributed by atoms with Gasteiger partial charge in [0, 0.05) is 19.0 Å². The Balaban J connectivity index is 1.29. The minimum Gasteiger partial charge on any atom is -0.388 e. The average Bonchev–Trinajstić information content (AvgIpc) is 3.47. The molecule has 27 heavy (non-hydrogen) atoms. The van der Waals surface area contributed by atoms with Crippen LogP contribution in [0.4, 0.5) is 10.2 Å². The standard InChI is InChI=1S/C20H22FN5O/c21-16-5-3-13(4-6-16)19(27)14-9-11-25(12-10-14)18-8-7-17-22-23-20(15-1-2-15)26(17)24-18/h3-8,14-15,19,27H,1-2,9-12H2. The molecule has 1 aliphatic carbocycles. The smallest absolute Gasteiger partial charge is 0.178 e. The molecule has 0 bridgehead atoms. The molecule has 1 saturated carbocycles. The summed E-state index contributed by atoms with van der Waals surface area (Å²) < 4.78 is 15.0. The normalized spacial score (nSPS) is 19.6. The van der Waals surface area contributed by atoms with E-state index in [4.69, 9.17) is 5.10 Å². The molecule has 1 atom stereocenters. The molecule has 1 aliphatic heterocycles. The number of aliphatic hydroxyl groups is 1. The quantitative estimate of drug-likeness (QED) is 0.768. The van der Waals surface area contributed by atoms with Crippen molar-refractivity contribution in [2.75, 3.05) is 18.0 Å². The van der Waals surface area contributed by atoms with Gasteiger partial charge >= 0.3 is 0 Å². The molecule has 0 spiro atoms. The number of piperidine rings is 1. The Kier molecular flexibility index (Phi) is 4.04. The van der Waals surface area contributed by atoms with E-state index in [-0.39, 0.29) is 11.7 Å². The topological polar surface area (TPSA) is 66.5 Å². The number of nitrogens with zero attached hydrogens (tertiary/aromatic N) is 5. The van der Waals surface area contributed by atoms with Gasteiger partial charge < -0.3 is 10.0 Å². The van der Waals surface area contributed by atoms with Crippen molar-refractivity contribution in [3.05, 3.63) is 53.6 Å². The molecule has 1 aromatic carbocycles. The van der Waals surface area contributed by atoms with E-state index in [0.717, 1.165) is 48.8 Å². The average molecular weight is 367 g/mol. The molecule has 2 aliphatic rings. The molecule has 2 aromatic heterocycles. The zero-order chi connectivity index (χ0) is 18.4. The Morgan fingerprint density at radius 1 is 0.963 bits per heavy atom. The van der Waals surface area contributed by atoms with Crippen LogP contribution in [0.5, 0.6) is 0 Å². The van der Waals surface area contributed by atoms with Crippen LogP contribution in [-0.4, -0.2) is 38.0 Å². The SMILES string of the molecule is OC(c1ccc(F)cc1)C1CCN(c2ccc3nnc(C4CC4)n3n2)CC1. The van der Waals surface area contributed by atoms with Gasteiger partial charge in [-0.05, 0) is 61.4 Å². The highest BCUT2D eigenvalue weighted by molar-refractivity contribution is 5.46. The summed E-state index contributed by atoms with van der Waals surface area (Å²) in [6.45, 7) is 1.67. The summed E-state index contributed by atoms with van der Waals surface area (Å²) in [4.78, 5) is 2.25. The second-order valence-corrected chi connectivity index (χ2v) is 7.61. The van der Waals surface area contributed by atoms with Crippen molar-refractivity contribution in [2.24, 2.45) is 5.92 Å². The first-order valence-electron chi connectivity index (χ1n) is 9.60. The molecule has 1 unspecified atom stereocenters. The van der Waals surface area contributed by atoms with Crippen molar-refractivity contribution in [1.29, 1.82) is 0 Å². The van der Waals surface area contributed by atoms with Crippen LogP contribution in [0.25, 0.3) is 5.65 Å². The molecule has 2 fully saturated rings. The number of halogens is 1. The molecule has 6 nitrogen and oxygen atoms in total. The lowest BCUT2D eigenvalue weighted by atomic mass is 9.87. The van der Waals surface area contributed by atoms with Gasteiger partial charge in [0.05, 0.1) is 6.10 Å². The van der Waals surface area contributed by atoms with Crippen molar-refractivity contribution < 1.29 is 9.50 Å². The van der Waals surface area contributed by atoms with Crippen molar-refractivity contribution >= 4 is 11.5 Å². The van der Waals surface area contributed by atoms with Crippen molar-refractivity contribution in [1.82, 2.24) is 19.8 Å². The number of aromatic nitrogens is 4. The highest BCUT2D eigenvalue weighted by atomic mass is 19.1. The van der Waals surface area contributed by atoms with E-state index in [1.165, 1.54) is 25.0 Å². The van der Waals surface area contributed by atoms with E-state index in [0.29, 0.717) is 5.92 Å². The molecule has 1 saturated heterocycles. The third-order valence-electron chi connectivity index (χ3n) is 5.74. The Hall–Kier alpha value is -2.54. The molecule has 0 amide bonds. The first kappa shape index (κ1) is 16.6. The lowest BCUT2D eigenvalue weighted by molar-refractivity contribution is 0.0928. The van der Waals surface area contributed by atoms with E-state index in [2.05, 4.69) is 15.1 Å². The molecule has 3 heterocycles. The van der Waals surface area contributed by atoms with Gasteiger partial charge in [0.2, 0.25) is 0 Å². The number of hydrogen-bond acceptors (Lipinski definition) is 5. The molecule has 3 aromatic rings. The number of aliphatic hydroxyl groups excluding tert-OH is 1. The fourth-order valence-electron chi connectivity index (χ4n) is 3.94. The molecule has 140 valence electrons. The molecule has 7 heteroatoms. The fourth-order valence-corrected chi connectivity index (χ4v) is 3.94. The second kappa shape index (κ2) is 6.56. The highest BCUT2D eigenvalue weighted by Gasteiger charge is 2.30. The summed E-state index contributed by atoms with van der Waals surface area (Å²) in [5, 5.41) is 23.9. The van der Waals surface area contributed by atoms with Crippen molar-refractivity contribution in [3.63, 3.8) is 0 Å². The zero-order valence-corrected chi connectivity index (χ0v) is 15.0. The minimum absolute atomic E-state index is 0.173. The third kappa shape index (κ3) is 3.16. The number of benzene rings is 1. The lowest BCUT2D eigenvalue weighted by Gasteiger charge is -2.35. The van der Waals surface area contributed by atoms with Crippen LogP contribution in [0.3, 0.4) is 0 Å². The lowest BCUT2D eigenvalue weighted by Crippen LogP contribution is -2.36. The van der Waals surface area contributed by atoms with Crippen molar-refractivity contribution in [2.45, 2.75) is 37.7 Å².